The maximum Gasteiger partial charge on any atom is 0.256 e. The van der Waals surface area contributed by atoms with Gasteiger partial charge in [-0.25, -0.2) is 4.98 Å². The predicted molar refractivity (Wildman–Crippen MR) is 115 cm³/mol. The second kappa shape index (κ2) is 8.36. The number of carbonyl (C=O) groups excluding carboxylic acids is 2. The monoisotopic (exact) mass is 404 g/mol. The van der Waals surface area contributed by atoms with Gasteiger partial charge in [-0.15, -0.1) is 11.8 Å². The summed E-state index contributed by atoms with van der Waals surface area (Å²) in [5.74, 6) is 0.418. The van der Waals surface area contributed by atoms with Gasteiger partial charge in [0, 0.05) is 29.9 Å². The van der Waals surface area contributed by atoms with Crippen LogP contribution in [0.5, 0.6) is 0 Å². The van der Waals surface area contributed by atoms with Crippen molar-refractivity contribution in [3.8, 4) is 0 Å². The van der Waals surface area contributed by atoms with E-state index in [1.54, 1.807) is 12.3 Å². The van der Waals surface area contributed by atoms with Gasteiger partial charge in [0.1, 0.15) is 5.82 Å². The molecule has 0 radical (unpaired) electrons. The van der Waals surface area contributed by atoms with Gasteiger partial charge in [0.25, 0.3) is 5.91 Å². The SMILES string of the molecule is NC(=O)CSc1ccccc1C(=O)Nc1cccc2c1CN(c1ccccn1)C2. The summed E-state index contributed by atoms with van der Waals surface area (Å²) in [6.07, 6.45) is 1.78. The molecule has 0 saturated heterocycles. The molecule has 1 aliphatic rings. The van der Waals surface area contributed by atoms with Gasteiger partial charge in [-0.3, -0.25) is 9.59 Å². The molecule has 29 heavy (non-hydrogen) atoms. The summed E-state index contributed by atoms with van der Waals surface area (Å²) in [6, 6.07) is 19.0. The highest BCUT2D eigenvalue weighted by Gasteiger charge is 2.23. The third kappa shape index (κ3) is 4.25. The minimum absolute atomic E-state index is 0.129. The van der Waals surface area contributed by atoms with Gasteiger partial charge in [-0.05, 0) is 41.5 Å². The van der Waals surface area contributed by atoms with E-state index in [1.165, 1.54) is 17.3 Å². The zero-order valence-electron chi connectivity index (χ0n) is 15.7. The maximum atomic E-state index is 13.0. The fraction of sp³-hybridized carbons (Fsp3) is 0.136. The number of carbonyl (C=O) groups is 2. The van der Waals surface area contributed by atoms with E-state index < -0.39 is 5.91 Å². The standard InChI is InChI=1S/C22H20N4O2S/c23-20(27)14-29-19-9-2-1-7-16(19)22(28)25-18-8-5-6-15-12-26(13-17(15)18)21-10-3-4-11-24-21/h1-11H,12-14H2,(H2,23,27)(H,25,28). The highest BCUT2D eigenvalue weighted by molar-refractivity contribution is 8.00. The molecule has 1 aliphatic heterocycles. The largest absolute Gasteiger partial charge is 0.369 e. The number of pyridine rings is 1. The van der Waals surface area contributed by atoms with Crippen LogP contribution in [-0.2, 0) is 17.9 Å². The number of nitrogens with one attached hydrogen (secondary N) is 1. The van der Waals surface area contributed by atoms with Crippen molar-refractivity contribution < 1.29 is 9.59 Å². The lowest BCUT2D eigenvalue weighted by Gasteiger charge is -2.16. The van der Waals surface area contributed by atoms with Crippen molar-refractivity contribution >= 4 is 35.1 Å². The van der Waals surface area contributed by atoms with Crippen LogP contribution in [0.1, 0.15) is 21.5 Å². The van der Waals surface area contributed by atoms with Crippen LogP contribution in [0.25, 0.3) is 0 Å². The van der Waals surface area contributed by atoms with Crippen LogP contribution in [0, 0.1) is 0 Å². The summed E-state index contributed by atoms with van der Waals surface area (Å²) >= 11 is 1.27. The summed E-state index contributed by atoms with van der Waals surface area (Å²) in [4.78, 5) is 31.4. The number of hydrogen-bond donors (Lipinski definition) is 2. The molecule has 2 heterocycles. The van der Waals surface area contributed by atoms with Crippen LogP contribution in [0.2, 0.25) is 0 Å². The van der Waals surface area contributed by atoms with E-state index in [0.717, 1.165) is 28.5 Å². The number of fused-ring (bicyclic) bond motifs is 1. The number of nitrogens with zero attached hydrogens (tertiary/aromatic N) is 2. The number of thioether (sulfide) groups is 1. The molecule has 0 fully saturated rings. The molecular formula is C22H20N4O2S. The zero-order chi connectivity index (χ0) is 20.2. The first-order valence-electron chi connectivity index (χ1n) is 9.20. The van der Waals surface area contributed by atoms with Crippen molar-refractivity contribution in [1.82, 2.24) is 4.98 Å². The number of aromatic nitrogens is 1. The fourth-order valence-electron chi connectivity index (χ4n) is 3.36. The lowest BCUT2D eigenvalue weighted by atomic mass is 10.1. The van der Waals surface area contributed by atoms with Gasteiger partial charge in [-0.1, -0.05) is 30.3 Å². The summed E-state index contributed by atoms with van der Waals surface area (Å²) in [7, 11) is 0. The molecular weight excluding hydrogens is 384 g/mol. The first-order chi connectivity index (χ1) is 14.1. The highest BCUT2D eigenvalue weighted by atomic mass is 32.2. The van der Waals surface area contributed by atoms with Crippen LogP contribution >= 0.6 is 11.8 Å². The molecule has 2 aromatic carbocycles. The van der Waals surface area contributed by atoms with E-state index in [9.17, 15) is 9.59 Å². The molecule has 0 aliphatic carbocycles. The van der Waals surface area contributed by atoms with E-state index in [1.807, 2.05) is 48.5 Å². The van der Waals surface area contributed by atoms with Gasteiger partial charge in [0.05, 0.1) is 11.3 Å². The molecule has 2 amide bonds. The van der Waals surface area contributed by atoms with Crippen molar-refractivity contribution in [2.24, 2.45) is 5.73 Å². The highest BCUT2D eigenvalue weighted by Crippen LogP contribution is 2.32. The lowest BCUT2D eigenvalue weighted by molar-refractivity contribution is -0.115. The number of rotatable bonds is 6. The van der Waals surface area contributed by atoms with E-state index in [2.05, 4.69) is 21.3 Å². The number of primary amides is 1. The smallest absolute Gasteiger partial charge is 0.256 e. The lowest BCUT2D eigenvalue weighted by Crippen LogP contribution is -2.17. The third-order valence-electron chi connectivity index (χ3n) is 4.71. The van der Waals surface area contributed by atoms with Gasteiger partial charge in [-0.2, -0.15) is 0 Å². The molecule has 0 spiro atoms. The van der Waals surface area contributed by atoms with Gasteiger partial charge in [0.2, 0.25) is 5.91 Å². The number of nitrogens with two attached hydrogens (primary N) is 1. The van der Waals surface area contributed by atoms with Gasteiger partial charge >= 0.3 is 0 Å². The average Bonchev–Trinajstić information content (AvgIpc) is 3.18. The molecule has 0 atom stereocenters. The molecule has 4 rings (SSSR count). The minimum Gasteiger partial charge on any atom is -0.369 e. The van der Waals surface area contributed by atoms with Crippen molar-refractivity contribution in [3.05, 3.63) is 83.6 Å². The summed E-state index contributed by atoms with van der Waals surface area (Å²) < 4.78 is 0. The normalized spacial score (nSPS) is 12.5. The first kappa shape index (κ1) is 19.0. The minimum atomic E-state index is -0.416. The van der Waals surface area contributed by atoms with E-state index >= 15 is 0 Å². The Morgan fingerprint density at radius 3 is 2.66 bits per heavy atom. The molecule has 0 unspecified atom stereocenters. The third-order valence-corrected chi connectivity index (χ3v) is 5.80. The van der Waals surface area contributed by atoms with E-state index in [-0.39, 0.29) is 11.7 Å². The van der Waals surface area contributed by atoms with Crippen molar-refractivity contribution in [2.45, 2.75) is 18.0 Å². The molecule has 7 heteroatoms. The number of hydrogen-bond acceptors (Lipinski definition) is 5. The maximum absolute atomic E-state index is 13.0. The van der Waals surface area contributed by atoms with Crippen LogP contribution in [0.15, 0.2) is 71.8 Å². The number of amides is 2. The Morgan fingerprint density at radius 1 is 1.03 bits per heavy atom. The average molecular weight is 404 g/mol. The molecule has 3 aromatic rings. The van der Waals surface area contributed by atoms with E-state index in [4.69, 9.17) is 5.73 Å². The molecule has 0 bridgehead atoms. The predicted octanol–water partition coefficient (Wildman–Crippen LogP) is 3.43. The van der Waals surface area contributed by atoms with Crippen LogP contribution in [0.3, 0.4) is 0 Å². The summed E-state index contributed by atoms with van der Waals surface area (Å²) in [6.45, 7) is 1.43. The van der Waals surface area contributed by atoms with Gasteiger partial charge < -0.3 is 16.0 Å². The van der Waals surface area contributed by atoms with Crippen molar-refractivity contribution in [3.63, 3.8) is 0 Å². The molecule has 1 aromatic heterocycles. The number of benzene rings is 2. The Bertz CT molecular complexity index is 1060. The van der Waals surface area contributed by atoms with Gasteiger partial charge in [0.15, 0.2) is 0 Å². The summed E-state index contributed by atoms with van der Waals surface area (Å²) in [5, 5.41) is 3.04. The Morgan fingerprint density at radius 2 is 1.86 bits per heavy atom. The molecule has 0 saturated carbocycles. The zero-order valence-corrected chi connectivity index (χ0v) is 16.5. The Kier molecular flexibility index (Phi) is 5.48. The van der Waals surface area contributed by atoms with Crippen molar-refractivity contribution in [2.75, 3.05) is 16.0 Å². The van der Waals surface area contributed by atoms with Crippen molar-refractivity contribution in [1.29, 1.82) is 0 Å². The summed E-state index contributed by atoms with van der Waals surface area (Å²) in [5.41, 5.74) is 8.82. The number of anilines is 2. The quantitative estimate of drug-likeness (QED) is 0.615. The van der Waals surface area contributed by atoms with Crippen LogP contribution in [-0.4, -0.2) is 22.6 Å². The first-order valence-corrected chi connectivity index (χ1v) is 10.2. The Hall–Kier alpha value is -3.32. The van der Waals surface area contributed by atoms with Crippen LogP contribution < -0.4 is 16.0 Å². The molecule has 6 nitrogen and oxygen atoms in total. The Labute approximate surface area is 173 Å². The topological polar surface area (TPSA) is 88.3 Å². The van der Waals surface area contributed by atoms with Crippen LogP contribution in [0.4, 0.5) is 11.5 Å². The Balaban J connectivity index is 1.55. The second-order valence-corrected chi connectivity index (χ2v) is 7.71. The molecule has 3 N–H and O–H groups in total. The van der Waals surface area contributed by atoms with E-state index in [0.29, 0.717) is 12.1 Å². The second-order valence-electron chi connectivity index (χ2n) is 6.69. The fourth-order valence-corrected chi connectivity index (χ4v) is 4.15. The molecule has 146 valence electrons.